The smallest absolute Gasteiger partial charge is 0.548 e. The zero-order valence-corrected chi connectivity index (χ0v) is 20.0. The molecule has 2 aromatic carbocycles. The molecule has 0 fully saturated rings. The first kappa shape index (κ1) is 27.6. The molecule has 2 unspecified atom stereocenters. The van der Waals surface area contributed by atoms with Crippen molar-refractivity contribution in [2.24, 2.45) is 0 Å². The number of benzene rings is 2. The van der Waals surface area contributed by atoms with Gasteiger partial charge < -0.3 is 34.0 Å². The summed E-state index contributed by atoms with van der Waals surface area (Å²) in [6, 6.07) is 19.3. The van der Waals surface area contributed by atoms with E-state index in [2.05, 4.69) is 12.1 Å². The molecule has 2 aromatic rings. The van der Waals surface area contributed by atoms with Crippen molar-refractivity contribution in [2.45, 2.75) is 25.0 Å². The minimum atomic E-state index is -1.30. The van der Waals surface area contributed by atoms with Crippen LogP contribution in [0.5, 0.6) is 5.75 Å². The molecule has 164 valence electrons. The molecule has 0 aromatic heterocycles. The largest absolute Gasteiger partial charge is 1.00 e. The van der Waals surface area contributed by atoms with Crippen LogP contribution in [0.25, 0.3) is 0 Å². The number of ether oxygens (including phenoxy) is 4. The van der Waals surface area contributed by atoms with Gasteiger partial charge in [-0.15, -0.1) is 0 Å². The maximum absolute atomic E-state index is 10.5. The Kier molecular flexibility index (Phi) is 15.3. The van der Waals surface area contributed by atoms with Gasteiger partial charge in [0.15, 0.2) is 0 Å². The first-order chi connectivity index (χ1) is 14.6. The van der Waals surface area contributed by atoms with Crippen LogP contribution in [0, 0.1) is 0 Å². The third-order valence-corrected chi connectivity index (χ3v) is 4.13. The minimum Gasteiger partial charge on any atom is -0.548 e. The third kappa shape index (κ3) is 13.5. The number of rotatable bonds is 16. The van der Waals surface area contributed by atoms with E-state index in [0.717, 1.165) is 12.8 Å². The molecule has 0 saturated carbocycles. The van der Waals surface area contributed by atoms with Crippen molar-refractivity contribution in [1.29, 1.82) is 0 Å². The fourth-order valence-electron chi connectivity index (χ4n) is 2.66. The van der Waals surface area contributed by atoms with E-state index in [1.165, 1.54) is 5.56 Å². The van der Waals surface area contributed by atoms with Crippen molar-refractivity contribution in [3.8, 4) is 5.75 Å². The predicted molar refractivity (Wildman–Crippen MR) is 109 cm³/mol. The van der Waals surface area contributed by atoms with Gasteiger partial charge in [0.25, 0.3) is 0 Å². The summed E-state index contributed by atoms with van der Waals surface area (Å²) in [5, 5.41) is 20.6. The van der Waals surface area contributed by atoms with Crippen LogP contribution in [0.15, 0.2) is 60.7 Å². The molecule has 1 N–H and O–H groups in total. The Bertz CT molecular complexity index is 700. The monoisotopic (exact) mass is 440 g/mol. The van der Waals surface area contributed by atoms with Gasteiger partial charge >= 0.3 is 29.6 Å². The molecule has 2 rings (SSSR count). The number of carbonyl (C=O) groups is 1. The van der Waals surface area contributed by atoms with E-state index < -0.39 is 24.8 Å². The molecule has 0 saturated heterocycles. The van der Waals surface area contributed by atoms with Crippen LogP contribution in [0.1, 0.15) is 12.0 Å². The summed E-state index contributed by atoms with van der Waals surface area (Å²) in [6.45, 7) is 0.365. The number of hydrogen-bond donors (Lipinski definition) is 1. The van der Waals surface area contributed by atoms with Gasteiger partial charge in [-0.25, -0.2) is 0 Å². The number of para-hydroxylation sites is 1. The number of aryl methyl sites for hydroxylation is 1. The van der Waals surface area contributed by atoms with Crippen LogP contribution < -0.4 is 39.4 Å². The Morgan fingerprint density at radius 1 is 0.903 bits per heavy atom. The fraction of sp³-hybridized carbons (Fsp3) is 0.435. The van der Waals surface area contributed by atoms with E-state index in [1.54, 1.807) is 12.1 Å². The Morgan fingerprint density at radius 3 is 2.23 bits per heavy atom. The summed E-state index contributed by atoms with van der Waals surface area (Å²) in [5.74, 6) is -0.638. The van der Waals surface area contributed by atoms with Crippen LogP contribution in [-0.2, 0) is 25.4 Å². The maximum atomic E-state index is 10.5. The van der Waals surface area contributed by atoms with Crippen LogP contribution >= 0.6 is 0 Å². The molecule has 31 heavy (non-hydrogen) atoms. The number of carboxylic acids is 1. The Labute approximate surface area is 205 Å². The van der Waals surface area contributed by atoms with E-state index in [1.807, 2.05) is 36.4 Å². The SMILES string of the molecule is O=C([O-])COCC(COCCCc1ccccc1)OCC(O)COc1ccccc1.[Na+]. The first-order valence-corrected chi connectivity index (χ1v) is 10.00. The standard InChI is InChI=1S/C23H30O7.Na/c24-20(14-29-21-11-5-2-6-12-21)15-30-22(17-28-18-23(25)26)16-27-13-7-10-19-8-3-1-4-9-19;/h1-6,8-9,11-12,20,22,24H,7,10,13-18H2,(H,25,26);/q;+1/p-1. The van der Waals surface area contributed by atoms with Gasteiger partial charge in [-0.1, -0.05) is 48.5 Å². The van der Waals surface area contributed by atoms with Gasteiger partial charge in [0.1, 0.15) is 24.6 Å². The van der Waals surface area contributed by atoms with Gasteiger partial charge in [0.05, 0.1) is 32.4 Å². The molecular weight excluding hydrogens is 411 g/mol. The van der Waals surface area contributed by atoms with Gasteiger partial charge in [0, 0.05) is 6.61 Å². The van der Waals surface area contributed by atoms with E-state index in [4.69, 9.17) is 18.9 Å². The van der Waals surface area contributed by atoms with Crippen molar-refractivity contribution in [3.05, 3.63) is 66.2 Å². The molecular formula is C23H29NaO7. The van der Waals surface area contributed by atoms with E-state index >= 15 is 0 Å². The molecule has 0 radical (unpaired) electrons. The van der Waals surface area contributed by atoms with Gasteiger partial charge in [-0.05, 0) is 30.5 Å². The summed E-state index contributed by atoms with van der Waals surface area (Å²) in [4.78, 5) is 10.5. The normalized spacial score (nSPS) is 12.5. The molecule has 0 amide bonds. The molecule has 0 bridgehead atoms. The summed E-state index contributed by atoms with van der Waals surface area (Å²) in [5.41, 5.74) is 1.24. The van der Waals surface area contributed by atoms with Crippen LogP contribution in [0.2, 0.25) is 0 Å². The number of hydrogen-bond acceptors (Lipinski definition) is 7. The zero-order chi connectivity index (χ0) is 21.4. The Balaban J connectivity index is 0.00000480. The summed E-state index contributed by atoms with van der Waals surface area (Å²) in [6.07, 6.45) is 0.409. The molecule has 7 nitrogen and oxygen atoms in total. The Morgan fingerprint density at radius 2 is 1.55 bits per heavy atom. The van der Waals surface area contributed by atoms with Gasteiger partial charge in [0.2, 0.25) is 0 Å². The number of aliphatic carboxylic acids is 1. The number of aliphatic hydroxyl groups is 1. The zero-order valence-electron chi connectivity index (χ0n) is 18.0. The van der Waals surface area contributed by atoms with E-state index in [9.17, 15) is 15.0 Å². The van der Waals surface area contributed by atoms with Crippen molar-refractivity contribution in [1.82, 2.24) is 0 Å². The molecule has 0 aliphatic rings. The molecule has 0 heterocycles. The Hall–Kier alpha value is -1.45. The molecule has 0 aliphatic carbocycles. The topological polar surface area (TPSA) is 97.3 Å². The molecule has 0 spiro atoms. The van der Waals surface area contributed by atoms with Gasteiger partial charge in [-0.3, -0.25) is 0 Å². The van der Waals surface area contributed by atoms with Crippen molar-refractivity contribution >= 4 is 5.97 Å². The van der Waals surface area contributed by atoms with E-state index in [-0.39, 0.29) is 56.0 Å². The number of aliphatic hydroxyl groups excluding tert-OH is 1. The third-order valence-electron chi connectivity index (χ3n) is 4.13. The minimum absolute atomic E-state index is 0. The molecule has 2 atom stereocenters. The average Bonchev–Trinajstić information content (AvgIpc) is 2.76. The van der Waals surface area contributed by atoms with Crippen molar-refractivity contribution in [2.75, 3.05) is 39.6 Å². The molecule has 0 aliphatic heterocycles. The molecule has 8 heteroatoms. The van der Waals surface area contributed by atoms with Crippen molar-refractivity contribution in [3.63, 3.8) is 0 Å². The van der Waals surface area contributed by atoms with Gasteiger partial charge in [-0.2, -0.15) is 0 Å². The van der Waals surface area contributed by atoms with Crippen LogP contribution in [0.3, 0.4) is 0 Å². The summed E-state index contributed by atoms with van der Waals surface area (Å²) < 4.78 is 21.9. The second kappa shape index (κ2) is 17.1. The summed E-state index contributed by atoms with van der Waals surface area (Å²) >= 11 is 0. The second-order valence-electron chi connectivity index (χ2n) is 6.78. The second-order valence-corrected chi connectivity index (χ2v) is 6.78. The maximum Gasteiger partial charge on any atom is 1.00 e. The fourth-order valence-corrected chi connectivity index (χ4v) is 2.66. The summed E-state index contributed by atoms with van der Waals surface area (Å²) in [7, 11) is 0. The number of carboxylic acid groups (broad SMARTS) is 1. The predicted octanol–water partition coefficient (Wildman–Crippen LogP) is -1.77. The number of carbonyl (C=O) groups excluding carboxylic acids is 1. The van der Waals surface area contributed by atoms with Crippen LogP contribution in [-0.4, -0.2) is 62.9 Å². The van der Waals surface area contributed by atoms with Crippen molar-refractivity contribution < 1.29 is 63.5 Å². The van der Waals surface area contributed by atoms with E-state index in [0.29, 0.717) is 12.4 Å². The average molecular weight is 440 g/mol. The van der Waals surface area contributed by atoms with Crippen LogP contribution in [0.4, 0.5) is 0 Å². The quantitative estimate of drug-likeness (QED) is 0.244. The first-order valence-electron chi connectivity index (χ1n) is 10.00.